The Balaban J connectivity index is 2.67. The van der Waals surface area contributed by atoms with E-state index in [0.29, 0.717) is 6.61 Å². The molecule has 0 bridgehead atoms. The number of hydrogen-bond donors (Lipinski definition) is 1. The lowest BCUT2D eigenvalue weighted by molar-refractivity contribution is 0.0544. The van der Waals surface area contributed by atoms with Crippen LogP contribution >= 0.6 is 11.5 Å². The normalized spacial score (nSPS) is 12.8. The molecule has 0 saturated heterocycles. The van der Waals surface area contributed by atoms with Crippen molar-refractivity contribution in [3.8, 4) is 0 Å². The molecule has 1 heterocycles. The molecule has 0 saturated carbocycles. The highest BCUT2D eigenvalue weighted by Crippen LogP contribution is 2.21. The Morgan fingerprint density at radius 1 is 1.54 bits per heavy atom. The molecule has 0 spiro atoms. The quantitative estimate of drug-likeness (QED) is 0.792. The van der Waals surface area contributed by atoms with Crippen LogP contribution in [0.3, 0.4) is 0 Å². The molecule has 1 unspecified atom stereocenters. The number of rotatable bonds is 5. The minimum Gasteiger partial charge on any atom is -0.370 e. The molecule has 4 nitrogen and oxygen atoms in total. The third kappa shape index (κ3) is 2.63. The van der Waals surface area contributed by atoms with Crippen LogP contribution in [0.4, 0.5) is 5.13 Å². The first-order valence-corrected chi connectivity index (χ1v) is 5.22. The van der Waals surface area contributed by atoms with Crippen LogP contribution in [0.15, 0.2) is 0 Å². The molecule has 1 aromatic rings. The molecule has 0 aliphatic heterocycles. The van der Waals surface area contributed by atoms with Crippen LogP contribution in [0.1, 0.15) is 32.2 Å². The second-order valence-electron chi connectivity index (χ2n) is 2.56. The van der Waals surface area contributed by atoms with E-state index in [2.05, 4.69) is 21.6 Å². The fourth-order valence-electron chi connectivity index (χ4n) is 1.04. The van der Waals surface area contributed by atoms with Gasteiger partial charge < -0.3 is 10.1 Å². The number of anilines is 1. The van der Waals surface area contributed by atoms with Crippen LogP contribution in [0.2, 0.25) is 0 Å². The lowest BCUT2D eigenvalue weighted by Gasteiger charge is -2.09. The van der Waals surface area contributed by atoms with Crippen LogP contribution in [0.5, 0.6) is 0 Å². The van der Waals surface area contributed by atoms with E-state index in [0.717, 1.165) is 17.4 Å². The second-order valence-corrected chi connectivity index (χ2v) is 3.31. The summed E-state index contributed by atoms with van der Waals surface area (Å²) in [5, 5.41) is 3.80. The number of hydrogen-bond acceptors (Lipinski definition) is 5. The standard InChI is InChI=1S/C8H15N3OS/c1-4-6(12-5-2)7-10-8(9-3)13-11-7/h6H,4-5H2,1-3H3,(H,9,10,11). The topological polar surface area (TPSA) is 47.0 Å². The maximum atomic E-state index is 5.49. The fourth-order valence-corrected chi connectivity index (χ4v) is 1.61. The number of aromatic nitrogens is 2. The van der Waals surface area contributed by atoms with E-state index >= 15 is 0 Å². The number of ether oxygens (including phenoxy) is 1. The highest BCUT2D eigenvalue weighted by molar-refractivity contribution is 7.09. The monoisotopic (exact) mass is 201 g/mol. The molecule has 1 atom stereocenters. The first-order valence-electron chi connectivity index (χ1n) is 4.44. The van der Waals surface area contributed by atoms with Crippen molar-refractivity contribution in [2.75, 3.05) is 19.0 Å². The summed E-state index contributed by atoms with van der Waals surface area (Å²) in [4.78, 5) is 4.29. The zero-order chi connectivity index (χ0) is 9.68. The van der Waals surface area contributed by atoms with Gasteiger partial charge in [0, 0.05) is 25.2 Å². The Bertz CT molecular complexity index is 251. The molecule has 13 heavy (non-hydrogen) atoms. The van der Waals surface area contributed by atoms with Crippen LogP contribution in [-0.4, -0.2) is 23.0 Å². The van der Waals surface area contributed by atoms with E-state index in [-0.39, 0.29) is 6.10 Å². The average molecular weight is 201 g/mol. The zero-order valence-corrected chi connectivity index (χ0v) is 9.02. The maximum Gasteiger partial charge on any atom is 0.202 e. The molecule has 0 fully saturated rings. The molecular weight excluding hydrogens is 186 g/mol. The highest BCUT2D eigenvalue weighted by Gasteiger charge is 2.14. The van der Waals surface area contributed by atoms with Crippen molar-refractivity contribution < 1.29 is 4.74 Å². The molecule has 1 N–H and O–H groups in total. The van der Waals surface area contributed by atoms with Gasteiger partial charge in [0.1, 0.15) is 6.10 Å². The van der Waals surface area contributed by atoms with E-state index in [1.807, 2.05) is 14.0 Å². The SMILES string of the molecule is CCOC(CC)c1nsc(NC)n1. The van der Waals surface area contributed by atoms with Crippen LogP contribution in [-0.2, 0) is 4.74 Å². The van der Waals surface area contributed by atoms with Gasteiger partial charge in [0.2, 0.25) is 5.13 Å². The molecule has 74 valence electrons. The summed E-state index contributed by atoms with van der Waals surface area (Å²) in [5.74, 6) is 0.790. The molecule has 1 aromatic heterocycles. The van der Waals surface area contributed by atoms with Gasteiger partial charge in [0.25, 0.3) is 0 Å². The average Bonchev–Trinajstić information content (AvgIpc) is 2.62. The zero-order valence-electron chi connectivity index (χ0n) is 8.20. The first-order chi connectivity index (χ1) is 6.31. The Morgan fingerprint density at radius 2 is 2.31 bits per heavy atom. The third-order valence-corrected chi connectivity index (χ3v) is 2.43. The Hall–Kier alpha value is -0.680. The van der Waals surface area contributed by atoms with Gasteiger partial charge in [-0.1, -0.05) is 6.92 Å². The lowest BCUT2D eigenvalue weighted by Crippen LogP contribution is -2.04. The van der Waals surface area contributed by atoms with E-state index in [9.17, 15) is 0 Å². The van der Waals surface area contributed by atoms with Gasteiger partial charge in [-0.3, -0.25) is 0 Å². The van der Waals surface area contributed by atoms with E-state index in [1.54, 1.807) is 0 Å². The largest absolute Gasteiger partial charge is 0.370 e. The fraction of sp³-hybridized carbons (Fsp3) is 0.750. The predicted octanol–water partition coefficient (Wildman–Crippen LogP) is 2.07. The summed E-state index contributed by atoms with van der Waals surface area (Å²) in [6, 6.07) is 0. The molecule has 1 rings (SSSR count). The van der Waals surface area contributed by atoms with Crippen LogP contribution < -0.4 is 5.32 Å². The van der Waals surface area contributed by atoms with Gasteiger partial charge in [-0.2, -0.15) is 4.37 Å². The van der Waals surface area contributed by atoms with Crippen molar-refractivity contribution in [1.29, 1.82) is 0 Å². The number of nitrogens with one attached hydrogen (secondary N) is 1. The molecule has 0 aliphatic carbocycles. The molecule has 5 heteroatoms. The van der Waals surface area contributed by atoms with E-state index < -0.39 is 0 Å². The molecule has 0 radical (unpaired) electrons. The van der Waals surface area contributed by atoms with Crippen LogP contribution in [0.25, 0.3) is 0 Å². The smallest absolute Gasteiger partial charge is 0.202 e. The minimum atomic E-state index is 0.0448. The Morgan fingerprint density at radius 3 is 2.77 bits per heavy atom. The highest BCUT2D eigenvalue weighted by atomic mass is 32.1. The van der Waals surface area contributed by atoms with Crippen molar-refractivity contribution in [3.63, 3.8) is 0 Å². The van der Waals surface area contributed by atoms with E-state index in [1.165, 1.54) is 11.5 Å². The van der Waals surface area contributed by atoms with Crippen molar-refractivity contribution in [2.45, 2.75) is 26.4 Å². The van der Waals surface area contributed by atoms with E-state index in [4.69, 9.17) is 4.74 Å². The minimum absolute atomic E-state index is 0.0448. The van der Waals surface area contributed by atoms with Gasteiger partial charge >= 0.3 is 0 Å². The summed E-state index contributed by atoms with van der Waals surface area (Å²) in [6.07, 6.45) is 0.955. The Kier molecular flexibility index (Phi) is 4.11. The van der Waals surface area contributed by atoms with Crippen LogP contribution in [0, 0.1) is 0 Å². The van der Waals surface area contributed by atoms with Crippen molar-refractivity contribution in [3.05, 3.63) is 5.82 Å². The third-order valence-electron chi connectivity index (χ3n) is 1.68. The molecular formula is C8H15N3OS. The second kappa shape index (κ2) is 5.14. The summed E-state index contributed by atoms with van der Waals surface area (Å²) in [6.45, 7) is 4.75. The van der Waals surface area contributed by atoms with Crippen molar-refractivity contribution >= 4 is 16.7 Å². The van der Waals surface area contributed by atoms with Gasteiger partial charge in [0.05, 0.1) is 0 Å². The summed E-state index contributed by atoms with van der Waals surface area (Å²) >= 11 is 1.37. The van der Waals surface area contributed by atoms with Gasteiger partial charge in [-0.25, -0.2) is 4.98 Å². The summed E-state index contributed by atoms with van der Waals surface area (Å²) in [5.41, 5.74) is 0. The Labute approximate surface area is 82.5 Å². The summed E-state index contributed by atoms with van der Waals surface area (Å²) < 4.78 is 9.71. The van der Waals surface area contributed by atoms with Gasteiger partial charge in [-0.05, 0) is 13.3 Å². The summed E-state index contributed by atoms with van der Waals surface area (Å²) in [7, 11) is 1.84. The number of nitrogens with zero attached hydrogens (tertiary/aromatic N) is 2. The molecule has 0 aromatic carbocycles. The first kappa shape index (κ1) is 10.4. The maximum absolute atomic E-state index is 5.49. The lowest BCUT2D eigenvalue weighted by atomic mass is 10.2. The predicted molar refractivity (Wildman–Crippen MR) is 54.1 cm³/mol. The van der Waals surface area contributed by atoms with Crippen molar-refractivity contribution in [1.82, 2.24) is 9.36 Å². The van der Waals surface area contributed by atoms with Gasteiger partial charge in [-0.15, -0.1) is 0 Å². The molecule has 0 aliphatic rings. The van der Waals surface area contributed by atoms with Gasteiger partial charge in [0.15, 0.2) is 5.82 Å². The van der Waals surface area contributed by atoms with Crippen molar-refractivity contribution in [2.24, 2.45) is 0 Å². The molecule has 0 amide bonds.